The van der Waals surface area contributed by atoms with Gasteiger partial charge in [-0.15, -0.1) is 0 Å². The van der Waals surface area contributed by atoms with Gasteiger partial charge in [0, 0.05) is 11.8 Å². The Bertz CT molecular complexity index is 506. The predicted octanol–water partition coefficient (Wildman–Crippen LogP) is 3.11. The first-order valence-corrected chi connectivity index (χ1v) is 5.82. The van der Waals surface area contributed by atoms with Crippen LogP contribution in [-0.4, -0.2) is 15.1 Å². The van der Waals surface area contributed by atoms with Gasteiger partial charge in [-0.2, -0.15) is 0 Å². The van der Waals surface area contributed by atoms with E-state index in [-0.39, 0.29) is 5.75 Å². The molecule has 0 atom stereocenters. The Hall–Kier alpha value is -1.90. The fraction of sp³-hybridized carbons (Fsp3) is 0.286. The Labute approximate surface area is 101 Å². The number of hydrogen-bond donors (Lipinski definition) is 1. The summed E-state index contributed by atoms with van der Waals surface area (Å²) < 4.78 is 0. The third kappa shape index (κ3) is 2.61. The fourth-order valence-electron chi connectivity index (χ4n) is 1.82. The van der Waals surface area contributed by atoms with Crippen LogP contribution in [0.25, 0.3) is 11.3 Å². The van der Waals surface area contributed by atoms with Crippen LogP contribution in [0.4, 0.5) is 0 Å². The van der Waals surface area contributed by atoms with Crippen LogP contribution in [0.3, 0.4) is 0 Å². The molecule has 0 radical (unpaired) electrons. The van der Waals surface area contributed by atoms with E-state index < -0.39 is 0 Å². The molecule has 0 saturated heterocycles. The van der Waals surface area contributed by atoms with Gasteiger partial charge in [0.1, 0.15) is 11.6 Å². The van der Waals surface area contributed by atoms with Crippen LogP contribution in [0.15, 0.2) is 30.5 Å². The third-order valence-corrected chi connectivity index (χ3v) is 2.65. The van der Waals surface area contributed by atoms with Gasteiger partial charge in [-0.1, -0.05) is 13.3 Å². The van der Waals surface area contributed by atoms with Gasteiger partial charge in [0.05, 0.1) is 5.69 Å². The molecule has 0 aliphatic heterocycles. The molecule has 0 unspecified atom stereocenters. The van der Waals surface area contributed by atoms with E-state index in [1.165, 1.54) is 0 Å². The summed E-state index contributed by atoms with van der Waals surface area (Å²) in [4.78, 5) is 8.74. The second-order valence-electron chi connectivity index (χ2n) is 4.09. The quantitative estimate of drug-likeness (QED) is 0.878. The van der Waals surface area contributed by atoms with Crippen molar-refractivity contribution < 1.29 is 5.11 Å². The van der Waals surface area contributed by atoms with Crippen molar-refractivity contribution in [1.29, 1.82) is 0 Å². The smallest absolute Gasteiger partial charge is 0.125 e. The molecule has 0 bridgehead atoms. The van der Waals surface area contributed by atoms with Crippen LogP contribution < -0.4 is 0 Å². The SMILES string of the molecule is CCCc1cnc(C)nc1-c1ccc(O)cc1. The maximum atomic E-state index is 9.30. The van der Waals surface area contributed by atoms with Gasteiger partial charge in [-0.05, 0) is 43.2 Å². The van der Waals surface area contributed by atoms with E-state index in [9.17, 15) is 5.11 Å². The van der Waals surface area contributed by atoms with E-state index >= 15 is 0 Å². The van der Waals surface area contributed by atoms with Crippen LogP contribution in [0.1, 0.15) is 24.7 Å². The minimum atomic E-state index is 0.275. The van der Waals surface area contributed by atoms with Crippen LogP contribution in [0.5, 0.6) is 5.75 Å². The molecule has 17 heavy (non-hydrogen) atoms. The molecule has 0 amide bonds. The van der Waals surface area contributed by atoms with E-state index in [1.807, 2.05) is 25.3 Å². The first-order valence-electron chi connectivity index (χ1n) is 5.82. The summed E-state index contributed by atoms with van der Waals surface area (Å²) in [5.74, 6) is 1.05. The van der Waals surface area contributed by atoms with E-state index in [4.69, 9.17) is 0 Å². The number of aryl methyl sites for hydroxylation is 2. The summed E-state index contributed by atoms with van der Waals surface area (Å²) >= 11 is 0. The molecular weight excluding hydrogens is 212 g/mol. The van der Waals surface area contributed by atoms with Gasteiger partial charge < -0.3 is 5.11 Å². The Morgan fingerprint density at radius 1 is 1.18 bits per heavy atom. The number of aromatic hydroxyl groups is 1. The number of rotatable bonds is 3. The Balaban J connectivity index is 2.48. The number of benzene rings is 1. The molecule has 0 saturated carbocycles. The molecule has 2 aromatic rings. The summed E-state index contributed by atoms with van der Waals surface area (Å²) in [6.07, 6.45) is 3.93. The molecule has 0 fully saturated rings. The molecule has 0 spiro atoms. The van der Waals surface area contributed by atoms with E-state index in [0.717, 1.165) is 35.5 Å². The van der Waals surface area contributed by atoms with E-state index in [1.54, 1.807) is 12.1 Å². The Morgan fingerprint density at radius 2 is 1.88 bits per heavy atom. The third-order valence-electron chi connectivity index (χ3n) is 2.65. The van der Waals surface area contributed by atoms with Crippen molar-refractivity contribution in [2.75, 3.05) is 0 Å². The molecule has 1 aromatic carbocycles. The average Bonchev–Trinajstić information content (AvgIpc) is 2.33. The molecule has 1 N–H and O–H groups in total. The summed E-state index contributed by atoms with van der Waals surface area (Å²) in [7, 11) is 0. The summed E-state index contributed by atoms with van der Waals surface area (Å²) in [5, 5.41) is 9.30. The summed E-state index contributed by atoms with van der Waals surface area (Å²) in [5.41, 5.74) is 3.15. The molecule has 3 nitrogen and oxygen atoms in total. The first-order chi connectivity index (χ1) is 8.20. The average molecular weight is 228 g/mol. The Kier molecular flexibility index (Phi) is 3.38. The number of phenols is 1. The summed E-state index contributed by atoms with van der Waals surface area (Å²) in [6, 6.07) is 7.14. The highest BCUT2D eigenvalue weighted by Crippen LogP contribution is 2.24. The molecule has 0 aliphatic carbocycles. The van der Waals surface area contributed by atoms with E-state index in [0.29, 0.717) is 0 Å². The van der Waals surface area contributed by atoms with Gasteiger partial charge >= 0.3 is 0 Å². The van der Waals surface area contributed by atoms with Crippen LogP contribution in [-0.2, 0) is 6.42 Å². The van der Waals surface area contributed by atoms with E-state index in [2.05, 4.69) is 16.9 Å². The largest absolute Gasteiger partial charge is 0.508 e. The predicted molar refractivity (Wildman–Crippen MR) is 67.9 cm³/mol. The topological polar surface area (TPSA) is 46.0 Å². The number of hydrogen-bond acceptors (Lipinski definition) is 3. The van der Waals surface area contributed by atoms with Gasteiger partial charge in [-0.25, -0.2) is 9.97 Å². The highest BCUT2D eigenvalue weighted by molar-refractivity contribution is 5.63. The maximum Gasteiger partial charge on any atom is 0.125 e. The van der Waals surface area contributed by atoms with Crippen LogP contribution >= 0.6 is 0 Å². The lowest BCUT2D eigenvalue weighted by Gasteiger charge is -2.08. The lowest BCUT2D eigenvalue weighted by Crippen LogP contribution is -1.97. The number of phenolic OH excluding ortho intramolecular Hbond substituents is 1. The molecular formula is C14H16N2O. The Morgan fingerprint density at radius 3 is 2.53 bits per heavy atom. The fourth-order valence-corrected chi connectivity index (χ4v) is 1.82. The number of nitrogens with zero attached hydrogens (tertiary/aromatic N) is 2. The standard InChI is InChI=1S/C14H16N2O/c1-3-4-12-9-15-10(2)16-14(12)11-5-7-13(17)8-6-11/h5-9,17H,3-4H2,1-2H3. The van der Waals surface area contributed by atoms with Crippen LogP contribution in [0, 0.1) is 6.92 Å². The van der Waals surface area contributed by atoms with Crippen molar-refractivity contribution in [2.24, 2.45) is 0 Å². The number of aromatic nitrogens is 2. The van der Waals surface area contributed by atoms with Crippen LogP contribution in [0.2, 0.25) is 0 Å². The van der Waals surface area contributed by atoms with Crippen molar-refractivity contribution >= 4 is 0 Å². The van der Waals surface area contributed by atoms with Gasteiger partial charge in [0.15, 0.2) is 0 Å². The maximum absolute atomic E-state index is 9.30. The minimum absolute atomic E-state index is 0.275. The lowest BCUT2D eigenvalue weighted by atomic mass is 10.0. The molecule has 88 valence electrons. The first kappa shape index (κ1) is 11.6. The van der Waals surface area contributed by atoms with Gasteiger partial charge in [0.2, 0.25) is 0 Å². The second kappa shape index (κ2) is 4.95. The second-order valence-corrected chi connectivity index (χ2v) is 4.09. The molecule has 1 heterocycles. The molecule has 0 aliphatic rings. The van der Waals surface area contributed by atoms with Gasteiger partial charge in [0.25, 0.3) is 0 Å². The van der Waals surface area contributed by atoms with Crippen molar-refractivity contribution in [2.45, 2.75) is 26.7 Å². The zero-order valence-corrected chi connectivity index (χ0v) is 10.1. The lowest BCUT2D eigenvalue weighted by molar-refractivity contribution is 0.475. The molecule has 1 aromatic heterocycles. The normalized spacial score (nSPS) is 10.5. The highest BCUT2D eigenvalue weighted by Gasteiger charge is 2.07. The highest BCUT2D eigenvalue weighted by atomic mass is 16.3. The van der Waals surface area contributed by atoms with Crippen molar-refractivity contribution in [3.8, 4) is 17.0 Å². The zero-order valence-electron chi connectivity index (χ0n) is 10.1. The molecule has 3 heteroatoms. The van der Waals surface area contributed by atoms with Crippen molar-refractivity contribution in [3.63, 3.8) is 0 Å². The van der Waals surface area contributed by atoms with Gasteiger partial charge in [-0.3, -0.25) is 0 Å². The van der Waals surface area contributed by atoms with Crippen molar-refractivity contribution in [1.82, 2.24) is 9.97 Å². The molecule has 2 rings (SSSR count). The monoisotopic (exact) mass is 228 g/mol. The minimum Gasteiger partial charge on any atom is -0.508 e. The zero-order chi connectivity index (χ0) is 12.3. The summed E-state index contributed by atoms with van der Waals surface area (Å²) in [6.45, 7) is 4.03. The van der Waals surface area contributed by atoms with Crippen molar-refractivity contribution in [3.05, 3.63) is 41.9 Å².